The highest BCUT2D eigenvalue weighted by Crippen LogP contribution is 2.34. The number of ketones is 1. The lowest BCUT2D eigenvalue weighted by atomic mass is 9.88. The summed E-state index contributed by atoms with van der Waals surface area (Å²) in [5.74, 6) is -2.69. The molecule has 2 aromatic carbocycles. The topological polar surface area (TPSA) is 75.7 Å². The molecule has 1 unspecified atom stereocenters. The number of hydrogen-bond acceptors (Lipinski definition) is 4. The standard InChI is InChI=1S/C20H18Cl2N2O4/c1-24-15-9-3-2-6-12(15)16(17(25)20(24)27)19(26)23-10-5-11-28-18-13(21)7-4-8-14(18)22/h2-4,6-9,16H,5,10-11H2,1H3,(H,23,26). The van der Waals surface area contributed by atoms with E-state index in [4.69, 9.17) is 27.9 Å². The van der Waals surface area contributed by atoms with Crippen molar-refractivity contribution < 1.29 is 19.1 Å². The van der Waals surface area contributed by atoms with Crippen LogP contribution in [0.2, 0.25) is 10.0 Å². The number of anilines is 1. The number of ether oxygens (including phenoxy) is 1. The highest BCUT2D eigenvalue weighted by atomic mass is 35.5. The summed E-state index contributed by atoms with van der Waals surface area (Å²) < 4.78 is 5.56. The molecular weight excluding hydrogens is 403 g/mol. The van der Waals surface area contributed by atoms with E-state index in [1.54, 1.807) is 42.5 Å². The lowest BCUT2D eigenvalue weighted by molar-refractivity contribution is -0.140. The van der Waals surface area contributed by atoms with Crippen LogP contribution in [-0.4, -0.2) is 37.8 Å². The molecule has 0 saturated heterocycles. The van der Waals surface area contributed by atoms with Crippen molar-refractivity contribution in [3.8, 4) is 5.75 Å². The number of fused-ring (bicyclic) bond motifs is 1. The van der Waals surface area contributed by atoms with Gasteiger partial charge in [0.1, 0.15) is 5.92 Å². The third-order valence-electron chi connectivity index (χ3n) is 4.43. The minimum Gasteiger partial charge on any atom is -0.490 e. The van der Waals surface area contributed by atoms with Gasteiger partial charge < -0.3 is 15.0 Å². The van der Waals surface area contributed by atoms with Gasteiger partial charge in [-0.25, -0.2) is 0 Å². The average Bonchev–Trinajstić information content (AvgIpc) is 2.68. The van der Waals surface area contributed by atoms with Crippen molar-refractivity contribution >= 4 is 46.5 Å². The van der Waals surface area contributed by atoms with Crippen molar-refractivity contribution in [3.05, 3.63) is 58.1 Å². The number of Topliss-reactive ketones (excluding diaryl/α,β-unsaturated/α-hetero) is 1. The predicted molar refractivity (Wildman–Crippen MR) is 107 cm³/mol. The van der Waals surface area contributed by atoms with E-state index in [0.29, 0.717) is 33.5 Å². The van der Waals surface area contributed by atoms with Crippen LogP contribution in [-0.2, 0) is 14.4 Å². The summed E-state index contributed by atoms with van der Waals surface area (Å²) in [4.78, 5) is 38.4. The third kappa shape index (κ3) is 3.98. The zero-order chi connectivity index (χ0) is 20.3. The number of nitrogens with one attached hydrogen (secondary N) is 1. The van der Waals surface area contributed by atoms with Crippen molar-refractivity contribution in [2.45, 2.75) is 12.3 Å². The van der Waals surface area contributed by atoms with E-state index in [1.165, 1.54) is 11.9 Å². The van der Waals surface area contributed by atoms with E-state index in [9.17, 15) is 14.4 Å². The maximum atomic E-state index is 12.6. The molecule has 3 rings (SSSR count). The van der Waals surface area contributed by atoms with Crippen LogP contribution in [0.1, 0.15) is 17.9 Å². The Morgan fingerprint density at radius 1 is 1.11 bits per heavy atom. The predicted octanol–water partition coefficient (Wildman–Crippen LogP) is 3.21. The molecule has 6 nitrogen and oxygen atoms in total. The second kappa shape index (κ2) is 8.63. The lowest BCUT2D eigenvalue weighted by Crippen LogP contribution is -2.46. The number of halogens is 2. The fourth-order valence-electron chi connectivity index (χ4n) is 3.02. The molecule has 2 amide bonds. The summed E-state index contributed by atoms with van der Waals surface area (Å²) in [7, 11) is 1.52. The Balaban J connectivity index is 1.58. The van der Waals surface area contributed by atoms with E-state index in [-0.39, 0.29) is 13.2 Å². The molecular formula is C20H18Cl2N2O4. The number of hydrogen-bond donors (Lipinski definition) is 1. The molecule has 0 spiro atoms. The maximum Gasteiger partial charge on any atom is 0.295 e. The SMILES string of the molecule is CN1C(=O)C(=O)C(C(=O)NCCCOc2c(Cl)cccc2Cl)c2ccccc21. The van der Waals surface area contributed by atoms with Gasteiger partial charge in [-0.1, -0.05) is 47.5 Å². The summed E-state index contributed by atoms with van der Waals surface area (Å²) in [5.41, 5.74) is 1.08. The van der Waals surface area contributed by atoms with Gasteiger partial charge in [0, 0.05) is 19.3 Å². The van der Waals surface area contributed by atoms with Gasteiger partial charge in [-0.3, -0.25) is 14.4 Å². The molecule has 0 saturated carbocycles. The Kier molecular flexibility index (Phi) is 6.21. The van der Waals surface area contributed by atoms with Crippen LogP contribution in [0.25, 0.3) is 0 Å². The second-order valence-corrected chi connectivity index (χ2v) is 7.08. The molecule has 8 heteroatoms. The Morgan fingerprint density at radius 2 is 1.79 bits per heavy atom. The molecule has 1 heterocycles. The summed E-state index contributed by atoms with van der Waals surface area (Å²) >= 11 is 12.1. The van der Waals surface area contributed by atoms with Crippen LogP contribution in [0, 0.1) is 0 Å². The molecule has 0 fully saturated rings. The highest BCUT2D eigenvalue weighted by Gasteiger charge is 2.41. The fourth-order valence-corrected chi connectivity index (χ4v) is 3.52. The van der Waals surface area contributed by atoms with E-state index in [2.05, 4.69) is 5.32 Å². The summed E-state index contributed by atoms with van der Waals surface area (Å²) in [6.07, 6.45) is 0.476. The minimum atomic E-state index is -1.14. The van der Waals surface area contributed by atoms with Crippen LogP contribution in [0.3, 0.4) is 0 Å². The summed E-state index contributed by atoms with van der Waals surface area (Å²) in [6.45, 7) is 0.553. The number of rotatable bonds is 6. The lowest BCUT2D eigenvalue weighted by Gasteiger charge is -2.29. The van der Waals surface area contributed by atoms with Crippen LogP contribution in [0.4, 0.5) is 5.69 Å². The molecule has 1 atom stereocenters. The van der Waals surface area contributed by atoms with E-state index in [0.717, 1.165) is 0 Å². The molecule has 1 N–H and O–H groups in total. The van der Waals surface area contributed by atoms with E-state index >= 15 is 0 Å². The van der Waals surface area contributed by atoms with Gasteiger partial charge in [0.25, 0.3) is 5.91 Å². The number of carbonyl (C=O) groups is 3. The Morgan fingerprint density at radius 3 is 2.50 bits per heavy atom. The first-order valence-electron chi connectivity index (χ1n) is 8.67. The summed E-state index contributed by atoms with van der Waals surface area (Å²) in [5, 5.41) is 3.51. The number of likely N-dealkylation sites (N-methyl/N-ethyl adjacent to an activating group) is 1. The molecule has 1 aliphatic rings. The average molecular weight is 421 g/mol. The fraction of sp³-hybridized carbons (Fsp3) is 0.250. The van der Waals surface area contributed by atoms with Gasteiger partial charge in [0.2, 0.25) is 11.7 Å². The van der Waals surface area contributed by atoms with Gasteiger partial charge >= 0.3 is 0 Å². The number of amides is 2. The van der Waals surface area contributed by atoms with Crippen LogP contribution >= 0.6 is 23.2 Å². The van der Waals surface area contributed by atoms with Crippen molar-refractivity contribution in [1.29, 1.82) is 0 Å². The molecule has 0 aromatic heterocycles. The zero-order valence-corrected chi connectivity index (χ0v) is 16.6. The third-order valence-corrected chi connectivity index (χ3v) is 5.03. The zero-order valence-electron chi connectivity index (χ0n) is 15.1. The number of carbonyl (C=O) groups excluding carboxylic acids is 3. The normalized spacial score (nSPS) is 16.0. The first kappa shape index (κ1) is 20.2. The first-order valence-corrected chi connectivity index (χ1v) is 9.42. The monoisotopic (exact) mass is 420 g/mol. The smallest absolute Gasteiger partial charge is 0.295 e. The highest BCUT2D eigenvalue weighted by molar-refractivity contribution is 6.48. The number of nitrogens with zero attached hydrogens (tertiary/aromatic N) is 1. The van der Waals surface area contributed by atoms with Crippen molar-refractivity contribution in [2.24, 2.45) is 0 Å². The Bertz CT molecular complexity index is 912. The summed E-state index contributed by atoms with van der Waals surface area (Å²) in [6, 6.07) is 11.9. The van der Waals surface area contributed by atoms with Gasteiger partial charge in [-0.15, -0.1) is 0 Å². The molecule has 146 valence electrons. The molecule has 0 bridgehead atoms. The minimum absolute atomic E-state index is 0.275. The number of benzene rings is 2. The largest absolute Gasteiger partial charge is 0.490 e. The van der Waals surface area contributed by atoms with Crippen LogP contribution in [0.5, 0.6) is 5.75 Å². The van der Waals surface area contributed by atoms with Crippen molar-refractivity contribution in [2.75, 3.05) is 25.1 Å². The molecule has 0 radical (unpaired) electrons. The molecule has 28 heavy (non-hydrogen) atoms. The van der Waals surface area contributed by atoms with Gasteiger partial charge in [0.15, 0.2) is 5.75 Å². The Hall–Kier alpha value is -2.57. The van der Waals surface area contributed by atoms with Gasteiger partial charge in [0.05, 0.1) is 16.7 Å². The van der Waals surface area contributed by atoms with Gasteiger partial charge in [-0.2, -0.15) is 0 Å². The maximum absolute atomic E-state index is 12.6. The van der Waals surface area contributed by atoms with Crippen molar-refractivity contribution in [1.82, 2.24) is 5.32 Å². The molecule has 0 aliphatic carbocycles. The quantitative estimate of drug-likeness (QED) is 0.442. The molecule has 2 aromatic rings. The van der Waals surface area contributed by atoms with Crippen molar-refractivity contribution in [3.63, 3.8) is 0 Å². The van der Waals surface area contributed by atoms with Gasteiger partial charge in [-0.05, 0) is 30.2 Å². The van der Waals surface area contributed by atoms with E-state index < -0.39 is 23.5 Å². The molecule has 1 aliphatic heterocycles. The Labute approximate surface area is 172 Å². The number of para-hydroxylation sites is 2. The van der Waals surface area contributed by atoms with Crippen LogP contribution in [0.15, 0.2) is 42.5 Å². The first-order chi connectivity index (χ1) is 13.4. The second-order valence-electron chi connectivity index (χ2n) is 6.26. The van der Waals surface area contributed by atoms with Crippen LogP contribution < -0.4 is 15.0 Å². The van der Waals surface area contributed by atoms with E-state index in [1.807, 2.05) is 0 Å².